The van der Waals surface area contributed by atoms with E-state index in [1.165, 1.54) is 6.07 Å². The van der Waals surface area contributed by atoms with Crippen molar-refractivity contribution in [2.75, 3.05) is 10.6 Å². The van der Waals surface area contributed by atoms with Crippen molar-refractivity contribution in [1.82, 2.24) is 0 Å². The lowest BCUT2D eigenvalue weighted by atomic mass is 10.1. The maximum atomic E-state index is 11.9. The summed E-state index contributed by atoms with van der Waals surface area (Å²) >= 11 is 11.8. The lowest BCUT2D eigenvalue weighted by Crippen LogP contribution is -2.21. The van der Waals surface area contributed by atoms with E-state index in [4.69, 9.17) is 23.2 Å². The third kappa shape index (κ3) is 4.98. The highest BCUT2D eigenvalue weighted by atomic mass is 35.5. The third-order valence-corrected chi connectivity index (χ3v) is 3.86. The number of hydrogen-bond donors (Lipinski definition) is 2. The molecule has 2 rings (SSSR count). The van der Waals surface area contributed by atoms with E-state index in [2.05, 4.69) is 10.6 Å². The molecule has 2 aromatic carbocycles. The van der Waals surface area contributed by atoms with Gasteiger partial charge < -0.3 is 10.6 Å². The van der Waals surface area contributed by atoms with Crippen LogP contribution in [0, 0.1) is 13.8 Å². The van der Waals surface area contributed by atoms with Crippen LogP contribution in [-0.4, -0.2) is 11.8 Å². The molecule has 0 aliphatic heterocycles. The molecule has 120 valence electrons. The molecule has 6 heteroatoms. The molecule has 2 N–H and O–H groups in total. The van der Waals surface area contributed by atoms with Gasteiger partial charge in [-0.3, -0.25) is 9.59 Å². The topological polar surface area (TPSA) is 58.2 Å². The van der Waals surface area contributed by atoms with Crippen LogP contribution in [0.2, 0.25) is 10.0 Å². The van der Waals surface area contributed by atoms with Crippen molar-refractivity contribution in [3.05, 3.63) is 57.6 Å². The summed E-state index contributed by atoms with van der Waals surface area (Å²) in [5.74, 6) is -0.841. The summed E-state index contributed by atoms with van der Waals surface area (Å²) in [6.07, 6.45) is -0.300. The number of amides is 2. The van der Waals surface area contributed by atoms with E-state index in [9.17, 15) is 9.59 Å². The quantitative estimate of drug-likeness (QED) is 0.793. The molecule has 0 unspecified atom stereocenters. The van der Waals surface area contributed by atoms with Crippen LogP contribution in [0.3, 0.4) is 0 Å². The Morgan fingerprint density at radius 2 is 1.61 bits per heavy atom. The number of hydrogen-bond acceptors (Lipinski definition) is 2. The number of aryl methyl sites for hydroxylation is 2. The molecule has 0 atom stereocenters. The fraction of sp³-hybridized carbons (Fsp3) is 0.176. The smallest absolute Gasteiger partial charge is 0.233 e. The second-order valence-electron chi connectivity index (χ2n) is 5.20. The van der Waals surface area contributed by atoms with Gasteiger partial charge in [-0.2, -0.15) is 0 Å². The average molecular weight is 351 g/mol. The number of anilines is 2. The molecule has 4 nitrogen and oxygen atoms in total. The monoisotopic (exact) mass is 350 g/mol. The van der Waals surface area contributed by atoms with Crippen LogP contribution in [0.1, 0.15) is 17.5 Å². The Hall–Kier alpha value is -2.04. The number of halogens is 2. The number of benzene rings is 2. The first kappa shape index (κ1) is 17.3. The zero-order valence-electron chi connectivity index (χ0n) is 12.7. The van der Waals surface area contributed by atoms with Crippen LogP contribution in [-0.2, 0) is 9.59 Å². The minimum Gasteiger partial charge on any atom is -0.326 e. The van der Waals surface area contributed by atoms with Crippen molar-refractivity contribution in [1.29, 1.82) is 0 Å². The number of rotatable bonds is 4. The van der Waals surface area contributed by atoms with Crippen molar-refractivity contribution < 1.29 is 9.59 Å². The minimum absolute atomic E-state index is 0.300. The minimum atomic E-state index is -0.449. The molecule has 0 saturated heterocycles. The molecule has 23 heavy (non-hydrogen) atoms. The first-order valence-corrected chi connectivity index (χ1v) is 7.73. The Morgan fingerprint density at radius 3 is 2.26 bits per heavy atom. The Morgan fingerprint density at radius 1 is 0.913 bits per heavy atom. The fourth-order valence-corrected chi connectivity index (χ4v) is 2.41. The van der Waals surface area contributed by atoms with Crippen LogP contribution in [0.5, 0.6) is 0 Å². The zero-order valence-corrected chi connectivity index (χ0v) is 14.3. The van der Waals surface area contributed by atoms with Gasteiger partial charge in [-0.25, -0.2) is 0 Å². The second kappa shape index (κ2) is 7.49. The maximum absolute atomic E-state index is 11.9. The van der Waals surface area contributed by atoms with Gasteiger partial charge in [0.15, 0.2) is 0 Å². The first-order valence-electron chi connectivity index (χ1n) is 6.97. The summed E-state index contributed by atoms with van der Waals surface area (Å²) in [4.78, 5) is 23.8. The third-order valence-electron chi connectivity index (χ3n) is 3.32. The fourth-order valence-electron chi connectivity index (χ4n) is 1.96. The molecular weight excluding hydrogens is 335 g/mol. The van der Waals surface area contributed by atoms with Gasteiger partial charge in [0.2, 0.25) is 11.8 Å². The van der Waals surface area contributed by atoms with E-state index >= 15 is 0 Å². The van der Waals surface area contributed by atoms with E-state index in [-0.39, 0.29) is 6.42 Å². The molecule has 0 heterocycles. The molecule has 0 radical (unpaired) electrons. The van der Waals surface area contributed by atoms with Gasteiger partial charge in [-0.15, -0.1) is 0 Å². The highest BCUT2D eigenvalue weighted by molar-refractivity contribution is 6.36. The summed E-state index contributed by atoms with van der Waals surface area (Å²) < 4.78 is 0. The lowest BCUT2D eigenvalue weighted by Gasteiger charge is -2.09. The van der Waals surface area contributed by atoms with Gasteiger partial charge >= 0.3 is 0 Å². The van der Waals surface area contributed by atoms with E-state index in [0.29, 0.717) is 21.4 Å². The molecule has 0 bridgehead atoms. The molecule has 0 aliphatic carbocycles. The number of carbonyl (C=O) groups is 2. The van der Waals surface area contributed by atoms with Crippen LogP contribution < -0.4 is 10.6 Å². The Bertz CT molecular complexity index is 760. The van der Waals surface area contributed by atoms with Gasteiger partial charge in [0.25, 0.3) is 0 Å². The molecule has 0 aromatic heterocycles. The Balaban J connectivity index is 1.94. The SMILES string of the molecule is Cc1ccc(NC(=O)CC(=O)Nc2ccc(Cl)cc2Cl)cc1C. The van der Waals surface area contributed by atoms with Gasteiger partial charge in [0.05, 0.1) is 10.7 Å². The highest BCUT2D eigenvalue weighted by Crippen LogP contribution is 2.25. The van der Waals surface area contributed by atoms with Gasteiger partial charge in [0, 0.05) is 10.7 Å². The van der Waals surface area contributed by atoms with Crippen molar-refractivity contribution in [2.45, 2.75) is 20.3 Å². The predicted molar refractivity (Wildman–Crippen MR) is 94.3 cm³/mol. The summed E-state index contributed by atoms with van der Waals surface area (Å²) in [6.45, 7) is 3.95. The zero-order chi connectivity index (χ0) is 17.0. The largest absolute Gasteiger partial charge is 0.326 e. The van der Waals surface area contributed by atoms with Crippen LogP contribution >= 0.6 is 23.2 Å². The van der Waals surface area contributed by atoms with E-state index < -0.39 is 11.8 Å². The summed E-state index contributed by atoms with van der Waals surface area (Å²) in [5, 5.41) is 6.07. The van der Waals surface area contributed by atoms with Crippen molar-refractivity contribution in [3.63, 3.8) is 0 Å². The summed E-state index contributed by atoms with van der Waals surface area (Å²) in [7, 11) is 0. The summed E-state index contributed by atoms with van der Waals surface area (Å²) in [6, 6.07) is 10.3. The van der Waals surface area contributed by atoms with E-state index in [0.717, 1.165) is 11.1 Å². The first-order chi connectivity index (χ1) is 10.8. The lowest BCUT2D eigenvalue weighted by molar-refractivity contribution is -0.123. The molecule has 0 fully saturated rings. The predicted octanol–water partition coefficient (Wildman–Crippen LogP) is 4.58. The van der Waals surface area contributed by atoms with Gasteiger partial charge in [0.1, 0.15) is 6.42 Å². The molecule has 0 aliphatic rings. The molecule has 2 amide bonds. The second-order valence-corrected chi connectivity index (χ2v) is 6.04. The Kier molecular flexibility index (Phi) is 5.64. The van der Waals surface area contributed by atoms with Crippen molar-refractivity contribution in [3.8, 4) is 0 Å². The van der Waals surface area contributed by atoms with Crippen molar-refractivity contribution >= 4 is 46.4 Å². The van der Waals surface area contributed by atoms with Crippen LogP contribution in [0.15, 0.2) is 36.4 Å². The number of nitrogens with one attached hydrogen (secondary N) is 2. The molecule has 0 spiro atoms. The van der Waals surface area contributed by atoms with Crippen molar-refractivity contribution in [2.24, 2.45) is 0 Å². The van der Waals surface area contributed by atoms with Gasteiger partial charge in [-0.05, 0) is 55.3 Å². The van der Waals surface area contributed by atoms with Crippen LogP contribution in [0.4, 0.5) is 11.4 Å². The van der Waals surface area contributed by atoms with E-state index in [1.807, 2.05) is 26.0 Å². The molecular formula is C17H16Cl2N2O2. The normalized spacial score (nSPS) is 10.3. The van der Waals surface area contributed by atoms with E-state index in [1.54, 1.807) is 18.2 Å². The summed E-state index contributed by atoms with van der Waals surface area (Å²) in [5.41, 5.74) is 3.29. The van der Waals surface area contributed by atoms with Gasteiger partial charge in [-0.1, -0.05) is 29.3 Å². The maximum Gasteiger partial charge on any atom is 0.233 e. The highest BCUT2D eigenvalue weighted by Gasteiger charge is 2.12. The number of carbonyl (C=O) groups excluding carboxylic acids is 2. The standard InChI is InChI=1S/C17H16Cl2N2O2/c1-10-3-5-13(7-11(10)2)20-16(22)9-17(23)21-15-6-4-12(18)8-14(15)19/h3-8H,9H2,1-2H3,(H,20,22)(H,21,23). The Labute approximate surface area is 144 Å². The average Bonchev–Trinajstić information content (AvgIpc) is 2.46. The van der Waals surface area contributed by atoms with Crippen LogP contribution in [0.25, 0.3) is 0 Å². The molecule has 2 aromatic rings. The molecule has 0 saturated carbocycles.